The zero-order valence-corrected chi connectivity index (χ0v) is 19.0. The number of carbonyl (C=O) groups is 4. The van der Waals surface area contributed by atoms with Crippen molar-refractivity contribution in [1.29, 1.82) is 0 Å². The number of carbonyl (C=O) groups excluding carboxylic acids is 4. The van der Waals surface area contributed by atoms with Crippen molar-refractivity contribution in [3.05, 3.63) is 29.8 Å². The van der Waals surface area contributed by atoms with Gasteiger partial charge in [-0.1, -0.05) is 19.1 Å². The van der Waals surface area contributed by atoms with Crippen molar-refractivity contribution in [3.8, 4) is 0 Å². The third-order valence-electron chi connectivity index (χ3n) is 6.18. The molecule has 174 valence electrons. The minimum absolute atomic E-state index is 0.0697. The Hall–Kier alpha value is -2.90. The van der Waals surface area contributed by atoms with Crippen LogP contribution < -0.4 is 4.90 Å². The molecule has 0 spiro atoms. The number of esters is 2. The molecule has 2 unspecified atom stereocenters. The number of aryl methyl sites for hydroxylation is 1. The fraction of sp³-hybridized carbons (Fsp3) is 0.583. The van der Waals surface area contributed by atoms with Gasteiger partial charge in [0.15, 0.2) is 6.10 Å². The van der Waals surface area contributed by atoms with E-state index < -0.39 is 18.0 Å². The maximum absolute atomic E-state index is 12.7. The van der Waals surface area contributed by atoms with E-state index in [1.807, 2.05) is 24.3 Å². The zero-order valence-electron chi connectivity index (χ0n) is 19.0. The lowest BCUT2D eigenvalue weighted by molar-refractivity contribution is -0.163. The first-order valence-corrected chi connectivity index (χ1v) is 11.4. The lowest BCUT2D eigenvalue weighted by atomic mass is 9.96. The van der Waals surface area contributed by atoms with Crippen molar-refractivity contribution in [2.75, 3.05) is 31.1 Å². The maximum atomic E-state index is 12.7. The van der Waals surface area contributed by atoms with E-state index in [9.17, 15) is 19.2 Å². The van der Waals surface area contributed by atoms with Crippen molar-refractivity contribution in [2.24, 2.45) is 11.8 Å². The molecule has 0 bridgehead atoms. The van der Waals surface area contributed by atoms with Crippen LogP contribution >= 0.6 is 0 Å². The second-order valence-corrected chi connectivity index (χ2v) is 8.36. The molecule has 0 N–H and O–H groups in total. The van der Waals surface area contributed by atoms with E-state index >= 15 is 0 Å². The first kappa shape index (κ1) is 23.8. The highest BCUT2D eigenvalue weighted by molar-refractivity contribution is 5.99. The SMILES string of the molecule is CCOC(=O)C1CCN(C(=O)C(C)OC(=O)C2CC(=O)N(c3ccc(CC)cc3)C2)CC1. The fourth-order valence-corrected chi connectivity index (χ4v) is 4.20. The van der Waals surface area contributed by atoms with E-state index in [2.05, 4.69) is 6.92 Å². The summed E-state index contributed by atoms with van der Waals surface area (Å²) in [5, 5.41) is 0. The van der Waals surface area contributed by atoms with Crippen molar-refractivity contribution in [2.45, 2.75) is 52.6 Å². The van der Waals surface area contributed by atoms with Crippen LogP contribution in [0.25, 0.3) is 0 Å². The standard InChI is InChI=1S/C24H32N2O6/c1-4-17-6-8-20(9-7-17)26-15-19(14-21(26)27)24(30)32-16(3)22(28)25-12-10-18(11-13-25)23(29)31-5-2/h6-9,16,18-19H,4-5,10-15H2,1-3H3. The molecule has 0 aliphatic carbocycles. The lowest BCUT2D eigenvalue weighted by Gasteiger charge is -2.32. The number of anilines is 1. The van der Waals surface area contributed by atoms with Gasteiger partial charge in [-0.2, -0.15) is 0 Å². The van der Waals surface area contributed by atoms with Gasteiger partial charge in [-0.05, 0) is 50.8 Å². The smallest absolute Gasteiger partial charge is 0.312 e. The highest BCUT2D eigenvalue weighted by Gasteiger charge is 2.38. The fourth-order valence-electron chi connectivity index (χ4n) is 4.20. The molecule has 2 saturated heterocycles. The topological polar surface area (TPSA) is 93.2 Å². The van der Waals surface area contributed by atoms with Gasteiger partial charge >= 0.3 is 11.9 Å². The number of nitrogens with zero attached hydrogens (tertiary/aromatic N) is 2. The van der Waals surface area contributed by atoms with Crippen LogP contribution in [0.5, 0.6) is 0 Å². The third-order valence-corrected chi connectivity index (χ3v) is 6.18. The summed E-state index contributed by atoms with van der Waals surface area (Å²) in [6, 6.07) is 7.72. The summed E-state index contributed by atoms with van der Waals surface area (Å²) in [5.74, 6) is -1.96. The second-order valence-electron chi connectivity index (χ2n) is 8.36. The first-order valence-electron chi connectivity index (χ1n) is 11.4. The average molecular weight is 445 g/mol. The number of benzene rings is 1. The Morgan fingerprint density at radius 1 is 1.03 bits per heavy atom. The monoisotopic (exact) mass is 444 g/mol. The number of hydrogen-bond acceptors (Lipinski definition) is 6. The maximum Gasteiger partial charge on any atom is 0.312 e. The highest BCUT2D eigenvalue weighted by Crippen LogP contribution is 2.27. The van der Waals surface area contributed by atoms with Crippen LogP contribution in [0.4, 0.5) is 5.69 Å². The zero-order chi connectivity index (χ0) is 23.3. The molecule has 3 rings (SSSR count). The normalized spacial score (nSPS) is 20.2. The summed E-state index contributed by atoms with van der Waals surface area (Å²) in [6.45, 7) is 6.82. The van der Waals surface area contributed by atoms with Crippen molar-refractivity contribution >= 4 is 29.4 Å². The molecule has 0 saturated carbocycles. The Morgan fingerprint density at radius 2 is 1.69 bits per heavy atom. The Bertz CT molecular complexity index is 845. The van der Waals surface area contributed by atoms with Crippen LogP contribution in [0.3, 0.4) is 0 Å². The molecule has 0 aromatic heterocycles. The summed E-state index contributed by atoms with van der Waals surface area (Å²) in [5.41, 5.74) is 1.94. The van der Waals surface area contributed by atoms with Gasteiger partial charge < -0.3 is 19.3 Å². The lowest BCUT2D eigenvalue weighted by Crippen LogP contribution is -2.46. The Balaban J connectivity index is 1.50. The molecule has 1 aromatic rings. The predicted octanol–water partition coefficient (Wildman–Crippen LogP) is 2.34. The molecule has 2 aliphatic rings. The van der Waals surface area contributed by atoms with Crippen LogP contribution in [0.15, 0.2) is 24.3 Å². The van der Waals surface area contributed by atoms with Crippen LogP contribution in [0, 0.1) is 11.8 Å². The minimum atomic E-state index is -0.936. The van der Waals surface area contributed by atoms with Gasteiger partial charge in [0.2, 0.25) is 5.91 Å². The molecule has 2 heterocycles. The highest BCUT2D eigenvalue weighted by atomic mass is 16.5. The number of hydrogen-bond donors (Lipinski definition) is 0. The largest absolute Gasteiger partial charge is 0.466 e. The molecular weight excluding hydrogens is 412 g/mol. The van der Waals surface area contributed by atoms with Crippen LogP contribution in [-0.2, 0) is 35.1 Å². The van der Waals surface area contributed by atoms with Gasteiger partial charge in [0, 0.05) is 31.7 Å². The van der Waals surface area contributed by atoms with Crippen LogP contribution in [0.2, 0.25) is 0 Å². The van der Waals surface area contributed by atoms with Crippen molar-refractivity contribution in [1.82, 2.24) is 4.90 Å². The molecular formula is C24H32N2O6. The molecule has 8 heteroatoms. The van der Waals surface area contributed by atoms with Gasteiger partial charge in [0.1, 0.15) is 0 Å². The quantitative estimate of drug-likeness (QED) is 0.600. The number of rotatable bonds is 7. The Morgan fingerprint density at radius 3 is 2.28 bits per heavy atom. The molecule has 0 radical (unpaired) electrons. The van der Waals surface area contributed by atoms with Gasteiger partial charge in [0.25, 0.3) is 5.91 Å². The van der Waals surface area contributed by atoms with E-state index in [1.165, 1.54) is 5.56 Å². The van der Waals surface area contributed by atoms with E-state index in [-0.39, 0.29) is 36.7 Å². The molecule has 8 nitrogen and oxygen atoms in total. The predicted molar refractivity (Wildman–Crippen MR) is 118 cm³/mol. The van der Waals surface area contributed by atoms with E-state index in [0.717, 1.165) is 12.1 Å². The molecule has 2 fully saturated rings. The first-order chi connectivity index (χ1) is 15.3. The second kappa shape index (κ2) is 10.6. The molecule has 2 amide bonds. The van der Waals surface area contributed by atoms with Gasteiger partial charge in [0.05, 0.1) is 18.4 Å². The summed E-state index contributed by atoms with van der Waals surface area (Å²) in [4.78, 5) is 52.9. The van der Waals surface area contributed by atoms with E-state index in [1.54, 1.807) is 23.6 Å². The number of amides is 2. The summed E-state index contributed by atoms with van der Waals surface area (Å²) < 4.78 is 10.5. The van der Waals surface area contributed by atoms with Gasteiger partial charge in [-0.3, -0.25) is 19.2 Å². The third kappa shape index (κ3) is 5.47. The minimum Gasteiger partial charge on any atom is -0.466 e. The number of likely N-dealkylation sites (tertiary alicyclic amines) is 1. The van der Waals surface area contributed by atoms with Crippen LogP contribution in [0.1, 0.15) is 45.6 Å². The van der Waals surface area contributed by atoms with Gasteiger partial charge in [-0.15, -0.1) is 0 Å². The molecule has 32 heavy (non-hydrogen) atoms. The molecule has 2 atom stereocenters. The molecule has 2 aliphatic heterocycles. The Labute approximate surface area is 188 Å². The van der Waals surface area contributed by atoms with Gasteiger partial charge in [-0.25, -0.2) is 0 Å². The number of piperidine rings is 1. The van der Waals surface area contributed by atoms with Crippen molar-refractivity contribution in [3.63, 3.8) is 0 Å². The summed E-state index contributed by atoms with van der Waals surface area (Å²) in [7, 11) is 0. The van der Waals surface area contributed by atoms with E-state index in [0.29, 0.717) is 32.5 Å². The van der Waals surface area contributed by atoms with E-state index in [4.69, 9.17) is 9.47 Å². The number of ether oxygens (including phenoxy) is 2. The van der Waals surface area contributed by atoms with Crippen molar-refractivity contribution < 1.29 is 28.7 Å². The Kier molecular flexibility index (Phi) is 7.88. The molecule has 1 aromatic carbocycles. The summed E-state index contributed by atoms with van der Waals surface area (Å²) >= 11 is 0. The average Bonchev–Trinajstić information content (AvgIpc) is 3.20. The summed E-state index contributed by atoms with van der Waals surface area (Å²) in [6.07, 6.45) is 1.12. The van der Waals surface area contributed by atoms with Crippen LogP contribution in [-0.4, -0.2) is 61.0 Å².